The minimum absolute atomic E-state index is 0.103. The fourth-order valence-electron chi connectivity index (χ4n) is 2.40. The van der Waals surface area contributed by atoms with Crippen LogP contribution in [0.25, 0.3) is 0 Å². The highest BCUT2D eigenvalue weighted by Gasteiger charge is 2.39. The number of hydrogen-bond acceptors (Lipinski definition) is 5. The lowest BCUT2D eigenvalue weighted by Crippen LogP contribution is -2.57. The molecule has 1 aromatic carbocycles. The number of aryl methyl sites for hydroxylation is 1. The number of piperazine rings is 1. The van der Waals surface area contributed by atoms with Crippen LogP contribution in [-0.2, 0) is 24.3 Å². The van der Waals surface area contributed by atoms with Gasteiger partial charge in [0.2, 0.25) is 15.9 Å². The molecule has 1 aliphatic heterocycles. The molecule has 126 valence electrons. The molecule has 1 N–H and O–H groups in total. The van der Waals surface area contributed by atoms with Crippen LogP contribution in [0.1, 0.15) is 18.9 Å². The Morgan fingerprint density at radius 2 is 2.00 bits per heavy atom. The topological polar surface area (TPSA) is 92.8 Å². The van der Waals surface area contributed by atoms with Crippen molar-refractivity contribution in [1.29, 1.82) is 0 Å². The van der Waals surface area contributed by atoms with Gasteiger partial charge in [0.1, 0.15) is 6.04 Å². The molecule has 0 bridgehead atoms. The quantitative estimate of drug-likeness (QED) is 0.785. The summed E-state index contributed by atoms with van der Waals surface area (Å²) in [4.78, 5) is 23.8. The smallest absolute Gasteiger partial charge is 0.307 e. The first-order valence-electron chi connectivity index (χ1n) is 7.38. The molecule has 0 spiro atoms. The number of esters is 1. The molecule has 1 amide bonds. The van der Waals surface area contributed by atoms with Crippen molar-refractivity contribution >= 4 is 21.9 Å². The van der Waals surface area contributed by atoms with Gasteiger partial charge in [-0.2, -0.15) is 4.31 Å². The number of benzene rings is 1. The van der Waals surface area contributed by atoms with Crippen LogP contribution in [-0.4, -0.2) is 50.3 Å². The zero-order valence-electron chi connectivity index (χ0n) is 13.1. The Balaban J connectivity index is 2.30. The Labute approximate surface area is 135 Å². The molecule has 1 aromatic rings. The van der Waals surface area contributed by atoms with E-state index in [-0.39, 0.29) is 31.0 Å². The average Bonchev–Trinajstić information content (AvgIpc) is 2.50. The molecule has 1 heterocycles. The molecule has 23 heavy (non-hydrogen) atoms. The van der Waals surface area contributed by atoms with Crippen molar-refractivity contribution in [2.45, 2.75) is 31.2 Å². The number of nitrogens with zero attached hydrogens (tertiary/aromatic N) is 1. The average molecular weight is 340 g/mol. The number of carbonyl (C=O) groups is 2. The third-order valence-electron chi connectivity index (χ3n) is 3.57. The van der Waals surface area contributed by atoms with Crippen LogP contribution in [0.2, 0.25) is 0 Å². The van der Waals surface area contributed by atoms with Crippen molar-refractivity contribution in [3.63, 3.8) is 0 Å². The Hall–Kier alpha value is -1.93. The molecule has 7 nitrogen and oxygen atoms in total. The van der Waals surface area contributed by atoms with Gasteiger partial charge in [0, 0.05) is 13.1 Å². The monoisotopic (exact) mass is 340 g/mol. The van der Waals surface area contributed by atoms with E-state index in [0.717, 1.165) is 9.87 Å². The highest BCUT2D eigenvalue weighted by Crippen LogP contribution is 2.22. The van der Waals surface area contributed by atoms with Crippen LogP contribution in [0.5, 0.6) is 0 Å². The SMILES string of the molecule is CCOC(=O)C[C@H]1C(=O)NCCN1S(=O)(=O)c1ccc(C)cc1. The van der Waals surface area contributed by atoms with Crippen LogP contribution in [0.3, 0.4) is 0 Å². The Kier molecular flexibility index (Phi) is 5.38. The fourth-order valence-corrected chi connectivity index (χ4v) is 3.99. The maximum atomic E-state index is 12.8. The number of sulfonamides is 1. The van der Waals surface area contributed by atoms with E-state index in [1.54, 1.807) is 19.1 Å². The van der Waals surface area contributed by atoms with Gasteiger partial charge in [0.15, 0.2) is 0 Å². The van der Waals surface area contributed by atoms with Crippen molar-refractivity contribution in [1.82, 2.24) is 9.62 Å². The highest BCUT2D eigenvalue weighted by molar-refractivity contribution is 7.89. The Morgan fingerprint density at radius 3 is 2.61 bits per heavy atom. The lowest BCUT2D eigenvalue weighted by Gasteiger charge is -2.33. The lowest BCUT2D eigenvalue weighted by molar-refractivity contribution is -0.146. The number of carbonyl (C=O) groups excluding carboxylic acids is 2. The zero-order valence-corrected chi connectivity index (χ0v) is 13.9. The third-order valence-corrected chi connectivity index (χ3v) is 5.50. The van der Waals surface area contributed by atoms with Gasteiger partial charge in [-0.25, -0.2) is 8.42 Å². The van der Waals surface area contributed by atoms with Crippen molar-refractivity contribution in [2.24, 2.45) is 0 Å². The maximum absolute atomic E-state index is 12.8. The summed E-state index contributed by atoms with van der Waals surface area (Å²) in [5, 5.41) is 2.59. The summed E-state index contributed by atoms with van der Waals surface area (Å²) in [5.41, 5.74) is 0.934. The van der Waals surface area contributed by atoms with Crippen LogP contribution in [0.4, 0.5) is 0 Å². The summed E-state index contributed by atoms with van der Waals surface area (Å²) in [7, 11) is -3.86. The van der Waals surface area contributed by atoms with Gasteiger partial charge in [-0.3, -0.25) is 9.59 Å². The molecule has 0 unspecified atom stereocenters. The van der Waals surface area contributed by atoms with Crippen LogP contribution >= 0.6 is 0 Å². The molecule has 0 radical (unpaired) electrons. The van der Waals surface area contributed by atoms with E-state index in [2.05, 4.69) is 5.32 Å². The Morgan fingerprint density at radius 1 is 1.35 bits per heavy atom. The summed E-state index contributed by atoms with van der Waals surface area (Å²) in [6.07, 6.45) is -0.301. The predicted molar refractivity (Wildman–Crippen MR) is 83.1 cm³/mol. The first kappa shape index (κ1) is 17.4. The predicted octanol–water partition coefficient (Wildman–Crippen LogP) is 0.437. The number of amides is 1. The summed E-state index contributed by atoms with van der Waals surface area (Å²) in [6, 6.07) is 5.29. The van der Waals surface area contributed by atoms with Gasteiger partial charge in [-0.15, -0.1) is 0 Å². The minimum atomic E-state index is -3.86. The van der Waals surface area contributed by atoms with E-state index >= 15 is 0 Å². The third kappa shape index (κ3) is 3.89. The second-order valence-electron chi connectivity index (χ2n) is 5.24. The van der Waals surface area contributed by atoms with Crippen LogP contribution < -0.4 is 5.32 Å². The summed E-state index contributed by atoms with van der Waals surface area (Å²) >= 11 is 0. The minimum Gasteiger partial charge on any atom is -0.466 e. The van der Waals surface area contributed by atoms with E-state index in [1.165, 1.54) is 12.1 Å². The van der Waals surface area contributed by atoms with Crippen molar-refractivity contribution < 1.29 is 22.7 Å². The number of ether oxygens (including phenoxy) is 1. The number of nitrogens with one attached hydrogen (secondary N) is 1. The van der Waals surface area contributed by atoms with Crippen molar-refractivity contribution in [3.05, 3.63) is 29.8 Å². The van der Waals surface area contributed by atoms with Gasteiger partial charge in [-0.05, 0) is 26.0 Å². The molecule has 1 saturated heterocycles. The lowest BCUT2D eigenvalue weighted by atomic mass is 10.1. The molecule has 0 aromatic heterocycles. The summed E-state index contributed by atoms with van der Waals surface area (Å²) < 4.78 is 31.5. The first-order chi connectivity index (χ1) is 10.9. The molecule has 0 saturated carbocycles. The van der Waals surface area contributed by atoms with E-state index in [9.17, 15) is 18.0 Å². The molecule has 2 rings (SSSR count). The second-order valence-corrected chi connectivity index (χ2v) is 7.14. The van der Waals surface area contributed by atoms with Crippen LogP contribution in [0, 0.1) is 6.92 Å². The van der Waals surface area contributed by atoms with Gasteiger partial charge in [-0.1, -0.05) is 17.7 Å². The molecule has 1 atom stereocenters. The number of hydrogen-bond donors (Lipinski definition) is 1. The van der Waals surface area contributed by atoms with Crippen molar-refractivity contribution in [3.8, 4) is 0 Å². The van der Waals surface area contributed by atoms with Crippen molar-refractivity contribution in [2.75, 3.05) is 19.7 Å². The van der Waals surface area contributed by atoms with E-state index in [0.29, 0.717) is 0 Å². The zero-order chi connectivity index (χ0) is 17.0. The maximum Gasteiger partial charge on any atom is 0.307 e. The van der Waals surface area contributed by atoms with E-state index in [4.69, 9.17) is 4.74 Å². The largest absolute Gasteiger partial charge is 0.466 e. The summed E-state index contributed by atoms with van der Waals surface area (Å²) in [5.74, 6) is -1.08. The van der Waals surface area contributed by atoms with Gasteiger partial charge in [0.05, 0.1) is 17.9 Å². The van der Waals surface area contributed by atoms with Gasteiger partial charge < -0.3 is 10.1 Å². The van der Waals surface area contributed by atoms with Gasteiger partial charge >= 0.3 is 5.97 Å². The standard InChI is InChI=1S/C15H20N2O5S/c1-3-22-14(18)10-13-15(19)16-8-9-17(13)23(20,21)12-6-4-11(2)5-7-12/h4-7,13H,3,8-10H2,1-2H3,(H,16,19)/t13-/m0/s1. The summed E-state index contributed by atoms with van der Waals surface area (Å²) in [6.45, 7) is 4.01. The fraction of sp³-hybridized carbons (Fsp3) is 0.467. The molecule has 1 fully saturated rings. The molecule has 0 aliphatic carbocycles. The normalized spacial score (nSPS) is 19.2. The molecular formula is C15H20N2O5S. The van der Waals surface area contributed by atoms with Gasteiger partial charge in [0.25, 0.3) is 0 Å². The highest BCUT2D eigenvalue weighted by atomic mass is 32.2. The first-order valence-corrected chi connectivity index (χ1v) is 8.82. The van der Waals surface area contributed by atoms with Crippen LogP contribution in [0.15, 0.2) is 29.2 Å². The molecule has 1 aliphatic rings. The Bertz CT molecular complexity index is 684. The number of rotatable bonds is 5. The van der Waals surface area contributed by atoms with E-state index in [1.807, 2.05) is 6.92 Å². The van der Waals surface area contributed by atoms with E-state index < -0.39 is 27.9 Å². The second kappa shape index (κ2) is 7.10. The molecule has 8 heteroatoms. The molecular weight excluding hydrogens is 320 g/mol.